The van der Waals surface area contributed by atoms with Crippen LogP contribution in [-0.2, 0) is 11.3 Å². The van der Waals surface area contributed by atoms with Gasteiger partial charge >= 0.3 is 0 Å². The van der Waals surface area contributed by atoms with Crippen molar-refractivity contribution in [3.05, 3.63) is 39.7 Å². The van der Waals surface area contributed by atoms with Crippen LogP contribution in [0.3, 0.4) is 0 Å². The molecular weight excluding hydrogens is 268 g/mol. The van der Waals surface area contributed by atoms with Crippen molar-refractivity contribution in [2.75, 3.05) is 33.4 Å². The summed E-state index contributed by atoms with van der Waals surface area (Å²) in [5, 5.41) is 0.684. The van der Waals surface area contributed by atoms with Crippen molar-refractivity contribution in [1.29, 1.82) is 0 Å². The van der Waals surface area contributed by atoms with Crippen LogP contribution in [0.4, 0.5) is 0 Å². The van der Waals surface area contributed by atoms with E-state index in [0.717, 1.165) is 43.1 Å². The van der Waals surface area contributed by atoms with Crippen LogP contribution in [0.1, 0.15) is 11.3 Å². The van der Waals surface area contributed by atoms with Crippen molar-refractivity contribution >= 4 is 10.9 Å². The molecule has 1 aliphatic rings. The van der Waals surface area contributed by atoms with Crippen LogP contribution >= 0.6 is 0 Å². The molecule has 0 saturated carbocycles. The van der Waals surface area contributed by atoms with Crippen LogP contribution < -0.4 is 10.2 Å². The molecule has 5 heteroatoms. The molecular formula is C16H20N2O3. The van der Waals surface area contributed by atoms with Crippen molar-refractivity contribution in [2.45, 2.75) is 13.5 Å². The summed E-state index contributed by atoms with van der Waals surface area (Å²) in [5.41, 5.74) is 2.60. The van der Waals surface area contributed by atoms with E-state index in [4.69, 9.17) is 9.47 Å². The lowest BCUT2D eigenvalue weighted by Gasteiger charge is -2.27. The van der Waals surface area contributed by atoms with Crippen LogP contribution in [0.15, 0.2) is 23.0 Å². The number of hydrogen-bond donors (Lipinski definition) is 1. The highest BCUT2D eigenvalue weighted by molar-refractivity contribution is 5.85. The first-order valence-corrected chi connectivity index (χ1v) is 7.19. The molecule has 0 amide bonds. The van der Waals surface area contributed by atoms with Crippen LogP contribution in [0.5, 0.6) is 5.75 Å². The summed E-state index contributed by atoms with van der Waals surface area (Å²) in [5.74, 6) is 0.700. The molecule has 0 atom stereocenters. The minimum atomic E-state index is 0.0895. The van der Waals surface area contributed by atoms with E-state index in [1.54, 1.807) is 7.11 Å². The quantitative estimate of drug-likeness (QED) is 0.933. The van der Waals surface area contributed by atoms with Gasteiger partial charge in [-0.2, -0.15) is 0 Å². The van der Waals surface area contributed by atoms with Gasteiger partial charge in [0, 0.05) is 36.3 Å². The zero-order valence-corrected chi connectivity index (χ0v) is 12.4. The second kappa shape index (κ2) is 5.87. The Labute approximate surface area is 123 Å². The molecule has 0 unspecified atom stereocenters. The van der Waals surface area contributed by atoms with Gasteiger partial charge in [-0.25, -0.2) is 0 Å². The molecule has 1 saturated heterocycles. The smallest absolute Gasteiger partial charge is 0.194 e. The average molecular weight is 288 g/mol. The zero-order chi connectivity index (χ0) is 14.8. The lowest BCUT2D eigenvalue weighted by atomic mass is 10.1. The summed E-state index contributed by atoms with van der Waals surface area (Å²) in [6.45, 7) is 5.82. The van der Waals surface area contributed by atoms with Gasteiger partial charge in [-0.05, 0) is 19.1 Å². The molecule has 0 radical (unpaired) electrons. The normalized spacial score (nSPS) is 16.3. The number of methoxy groups -OCH3 is 1. The molecule has 3 rings (SSSR count). The summed E-state index contributed by atoms with van der Waals surface area (Å²) in [6, 6.07) is 5.56. The number of aromatic nitrogens is 1. The van der Waals surface area contributed by atoms with E-state index < -0.39 is 0 Å². The number of rotatable bonds is 3. The second-order valence-electron chi connectivity index (χ2n) is 5.33. The Morgan fingerprint density at radius 3 is 2.81 bits per heavy atom. The third kappa shape index (κ3) is 2.66. The molecule has 1 aromatic heterocycles. The number of H-pyrrole nitrogens is 1. The lowest BCUT2D eigenvalue weighted by Crippen LogP contribution is -2.37. The monoisotopic (exact) mass is 288 g/mol. The molecule has 2 aromatic rings. The summed E-state index contributed by atoms with van der Waals surface area (Å²) >= 11 is 0. The van der Waals surface area contributed by atoms with Crippen LogP contribution in [0, 0.1) is 6.92 Å². The summed E-state index contributed by atoms with van der Waals surface area (Å²) in [7, 11) is 1.62. The van der Waals surface area contributed by atoms with Gasteiger partial charge in [0.15, 0.2) is 5.43 Å². The molecule has 2 heterocycles. The number of nitrogens with zero attached hydrogens (tertiary/aromatic N) is 1. The van der Waals surface area contributed by atoms with Crippen molar-refractivity contribution in [3.63, 3.8) is 0 Å². The standard InChI is InChI=1S/C16H20N2O3/c1-11-13(10-18-6-8-21-9-7-18)16(19)12-4-3-5-14(20-2)15(12)17-11/h3-5H,6-10H2,1-2H3,(H,17,19). The SMILES string of the molecule is COc1cccc2c(=O)c(CN3CCOCC3)c(C)[nH]c12. The maximum Gasteiger partial charge on any atom is 0.194 e. The minimum Gasteiger partial charge on any atom is -0.495 e. The number of morpholine rings is 1. The number of ether oxygens (including phenoxy) is 2. The molecule has 1 fully saturated rings. The van der Waals surface area contributed by atoms with Crippen LogP contribution in [-0.4, -0.2) is 43.3 Å². The highest BCUT2D eigenvalue weighted by atomic mass is 16.5. The van der Waals surface area contributed by atoms with Gasteiger partial charge in [-0.1, -0.05) is 6.07 Å². The molecule has 0 spiro atoms. The van der Waals surface area contributed by atoms with Gasteiger partial charge in [0.2, 0.25) is 0 Å². The molecule has 1 aliphatic heterocycles. The van der Waals surface area contributed by atoms with Crippen molar-refractivity contribution in [3.8, 4) is 5.75 Å². The molecule has 0 aliphatic carbocycles. The highest BCUT2D eigenvalue weighted by Gasteiger charge is 2.16. The Kier molecular flexibility index (Phi) is 3.94. The highest BCUT2D eigenvalue weighted by Crippen LogP contribution is 2.22. The van der Waals surface area contributed by atoms with E-state index in [2.05, 4.69) is 9.88 Å². The van der Waals surface area contributed by atoms with Crippen molar-refractivity contribution < 1.29 is 9.47 Å². The number of aryl methyl sites for hydroxylation is 1. The first-order valence-electron chi connectivity index (χ1n) is 7.19. The maximum absolute atomic E-state index is 12.8. The van der Waals surface area contributed by atoms with E-state index >= 15 is 0 Å². The summed E-state index contributed by atoms with van der Waals surface area (Å²) < 4.78 is 10.7. The van der Waals surface area contributed by atoms with Gasteiger partial charge in [-0.15, -0.1) is 0 Å². The lowest BCUT2D eigenvalue weighted by molar-refractivity contribution is 0.0339. The van der Waals surface area contributed by atoms with Crippen molar-refractivity contribution in [2.24, 2.45) is 0 Å². The number of benzene rings is 1. The first-order chi connectivity index (χ1) is 10.2. The van der Waals surface area contributed by atoms with Gasteiger partial charge in [-0.3, -0.25) is 9.69 Å². The number of pyridine rings is 1. The van der Waals surface area contributed by atoms with E-state index in [-0.39, 0.29) is 5.43 Å². The Morgan fingerprint density at radius 2 is 2.10 bits per heavy atom. The van der Waals surface area contributed by atoms with Crippen molar-refractivity contribution in [1.82, 2.24) is 9.88 Å². The van der Waals surface area contributed by atoms with E-state index in [9.17, 15) is 4.79 Å². The van der Waals surface area contributed by atoms with Gasteiger partial charge in [0.1, 0.15) is 5.75 Å². The fourth-order valence-electron chi connectivity index (χ4n) is 2.79. The Balaban J connectivity index is 2.05. The van der Waals surface area contributed by atoms with E-state index in [1.807, 2.05) is 25.1 Å². The molecule has 0 bridgehead atoms. The van der Waals surface area contributed by atoms with E-state index in [0.29, 0.717) is 17.7 Å². The predicted octanol–water partition coefficient (Wildman–Crippen LogP) is 1.68. The number of aromatic amines is 1. The largest absolute Gasteiger partial charge is 0.495 e. The van der Waals surface area contributed by atoms with Gasteiger partial charge in [0.25, 0.3) is 0 Å². The first kappa shape index (κ1) is 14.1. The minimum absolute atomic E-state index is 0.0895. The number of hydrogen-bond acceptors (Lipinski definition) is 4. The fourth-order valence-corrected chi connectivity index (χ4v) is 2.79. The van der Waals surface area contributed by atoms with Crippen LogP contribution in [0.2, 0.25) is 0 Å². The Hall–Kier alpha value is -1.85. The van der Waals surface area contributed by atoms with Crippen LogP contribution in [0.25, 0.3) is 10.9 Å². The topological polar surface area (TPSA) is 54.6 Å². The third-order valence-electron chi connectivity index (χ3n) is 4.02. The van der Waals surface area contributed by atoms with Gasteiger partial charge in [0.05, 0.1) is 25.8 Å². The van der Waals surface area contributed by atoms with Gasteiger partial charge < -0.3 is 14.5 Å². The molecule has 112 valence electrons. The second-order valence-corrected chi connectivity index (χ2v) is 5.33. The third-order valence-corrected chi connectivity index (χ3v) is 4.02. The average Bonchev–Trinajstić information content (AvgIpc) is 2.52. The Morgan fingerprint density at radius 1 is 1.33 bits per heavy atom. The number of para-hydroxylation sites is 1. The molecule has 1 aromatic carbocycles. The fraction of sp³-hybridized carbons (Fsp3) is 0.438. The molecule has 1 N–H and O–H groups in total. The summed E-state index contributed by atoms with van der Waals surface area (Å²) in [4.78, 5) is 18.3. The number of fused-ring (bicyclic) bond motifs is 1. The van der Waals surface area contributed by atoms with E-state index in [1.165, 1.54) is 0 Å². The molecule has 5 nitrogen and oxygen atoms in total. The maximum atomic E-state index is 12.8. The Bertz CT molecular complexity index is 702. The summed E-state index contributed by atoms with van der Waals surface area (Å²) in [6.07, 6.45) is 0. The zero-order valence-electron chi connectivity index (χ0n) is 12.4. The number of nitrogens with one attached hydrogen (secondary N) is 1. The predicted molar refractivity (Wildman–Crippen MR) is 82.0 cm³/mol. The molecule has 21 heavy (non-hydrogen) atoms.